The smallest absolute Gasteiger partial charge is 0.387 e. The van der Waals surface area contributed by atoms with Gasteiger partial charge in [0.1, 0.15) is 0 Å². The molecule has 2 rings (SSSR count). The fourth-order valence-corrected chi connectivity index (χ4v) is 2.64. The van der Waals surface area contributed by atoms with Gasteiger partial charge in [-0.2, -0.15) is 35.1 Å². The lowest BCUT2D eigenvalue weighted by atomic mass is 9.94. The first kappa shape index (κ1) is 25.3. The molecule has 0 aliphatic rings. The summed E-state index contributed by atoms with van der Waals surface area (Å²) in [4.78, 5) is 0. The number of nitrogens with two attached hydrogens (primary N) is 2. The normalized spacial score (nSPS) is 13.6. The summed E-state index contributed by atoms with van der Waals surface area (Å²) < 4.78 is 117. The lowest BCUT2D eigenvalue weighted by molar-refractivity contribution is -0.0693. The average molecular weight is 476 g/mol. The van der Waals surface area contributed by atoms with Crippen molar-refractivity contribution in [2.24, 2.45) is 11.5 Å². The zero-order valence-corrected chi connectivity index (χ0v) is 15.7. The molecule has 2 atom stereocenters. The Morgan fingerprint density at radius 3 is 1.03 bits per heavy atom. The maximum Gasteiger partial charge on any atom is 0.387 e. The molecule has 2 unspecified atom stereocenters. The molecule has 6 nitrogen and oxygen atoms in total. The van der Waals surface area contributed by atoms with Crippen molar-refractivity contribution < 1.29 is 54.1 Å². The van der Waals surface area contributed by atoms with Crippen molar-refractivity contribution in [3.63, 3.8) is 0 Å². The summed E-state index contributed by atoms with van der Waals surface area (Å²) in [6.07, 6.45) is 0. The van der Waals surface area contributed by atoms with E-state index in [0.29, 0.717) is 0 Å². The molecule has 0 saturated heterocycles. The summed E-state index contributed by atoms with van der Waals surface area (Å²) >= 11 is 0. The van der Waals surface area contributed by atoms with Gasteiger partial charge >= 0.3 is 26.4 Å². The van der Waals surface area contributed by atoms with Crippen LogP contribution in [0, 0.1) is 0 Å². The van der Waals surface area contributed by atoms with Gasteiger partial charge in [-0.05, 0) is 35.4 Å². The fourth-order valence-electron chi connectivity index (χ4n) is 2.64. The zero-order valence-electron chi connectivity index (χ0n) is 15.7. The standard InChI is InChI=1S/C18H16F8N2O4/c19-15(20)29-9-3-1-7(5-11(9)31-17(23)24)13(27)14(28)8-2-4-10(30-16(21)22)12(6-8)32-18(25)26/h1-6,13-18H,27-28H2. The van der Waals surface area contributed by atoms with Gasteiger partial charge in [0.05, 0.1) is 0 Å². The molecule has 178 valence electrons. The van der Waals surface area contributed by atoms with Crippen molar-refractivity contribution in [2.45, 2.75) is 38.5 Å². The molecule has 0 spiro atoms. The van der Waals surface area contributed by atoms with Gasteiger partial charge in [-0.25, -0.2) is 0 Å². The first-order valence-electron chi connectivity index (χ1n) is 8.56. The van der Waals surface area contributed by atoms with E-state index < -0.39 is 61.5 Å². The van der Waals surface area contributed by atoms with Gasteiger partial charge in [0.25, 0.3) is 0 Å². The second kappa shape index (κ2) is 11.0. The summed E-state index contributed by atoms with van der Waals surface area (Å²) in [6.45, 7) is -13.4. The molecule has 0 amide bonds. The molecule has 0 bridgehead atoms. The highest BCUT2D eigenvalue weighted by atomic mass is 19.3. The fraction of sp³-hybridized carbons (Fsp3) is 0.333. The summed E-state index contributed by atoms with van der Waals surface area (Å²) in [5, 5.41) is 0. The lowest BCUT2D eigenvalue weighted by Gasteiger charge is -2.23. The maximum absolute atomic E-state index is 12.6. The van der Waals surface area contributed by atoms with Crippen molar-refractivity contribution in [2.75, 3.05) is 0 Å². The van der Waals surface area contributed by atoms with Crippen molar-refractivity contribution in [3.05, 3.63) is 47.5 Å². The molecular formula is C18H16F8N2O4. The van der Waals surface area contributed by atoms with Crippen LogP contribution in [-0.4, -0.2) is 26.4 Å². The highest BCUT2D eigenvalue weighted by Crippen LogP contribution is 2.37. The van der Waals surface area contributed by atoms with Crippen LogP contribution in [0.4, 0.5) is 35.1 Å². The van der Waals surface area contributed by atoms with Crippen molar-refractivity contribution in [1.29, 1.82) is 0 Å². The summed E-state index contributed by atoms with van der Waals surface area (Å²) in [5.41, 5.74) is 12.0. The average Bonchev–Trinajstić information content (AvgIpc) is 2.68. The summed E-state index contributed by atoms with van der Waals surface area (Å²) in [7, 11) is 0. The molecule has 0 aliphatic carbocycles. The van der Waals surface area contributed by atoms with E-state index in [0.717, 1.165) is 36.4 Å². The van der Waals surface area contributed by atoms with Crippen LogP contribution in [0.25, 0.3) is 0 Å². The monoisotopic (exact) mass is 476 g/mol. The van der Waals surface area contributed by atoms with E-state index in [1.165, 1.54) is 0 Å². The topological polar surface area (TPSA) is 89.0 Å². The molecule has 14 heteroatoms. The van der Waals surface area contributed by atoms with Gasteiger partial charge in [0.2, 0.25) is 0 Å². The molecule has 0 aliphatic heterocycles. The predicted octanol–water partition coefficient (Wildman–Crippen LogP) is 4.79. The third-order valence-corrected chi connectivity index (χ3v) is 3.96. The molecule has 2 aromatic carbocycles. The summed E-state index contributed by atoms with van der Waals surface area (Å²) in [5.74, 6) is -2.87. The number of hydrogen-bond donors (Lipinski definition) is 2. The highest BCUT2D eigenvalue weighted by Gasteiger charge is 2.24. The number of benzene rings is 2. The Balaban J connectivity index is 2.35. The van der Waals surface area contributed by atoms with Crippen LogP contribution in [-0.2, 0) is 0 Å². The number of hydrogen-bond acceptors (Lipinski definition) is 6. The Hall–Kier alpha value is -3.00. The molecule has 32 heavy (non-hydrogen) atoms. The molecule has 4 N–H and O–H groups in total. The van der Waals surface area contributed by atoms with Crippen LogP contribution in [0.3, 0.4) is 0 Å². The number of rotatable bonds is 11. The quantitative estimate of drug-likeness (QED) is 0.454. The van der Waals surface area contributed by atoms with Crippen LogP contribution < -0.4 is 30.4 Å². The van der Waals surface area contributed by atoms with Crippen molar-refractivity contribution in [1.82, 2.24) is 0 Å². The van der Waals surface area contributed by atoms with Crippen LogP contribution >= 0.6 is 0 Å². The van der Waals surface area contributed by atoms with Gasteiger partial charge in [0.15, 0.2) is 23.0 Å². The van der Waals surface area contributed by atoms with E-state index >= 15 is 0 Å². The van der Waals surface area contributed by atoms with Crippen LogP contribution in [0.15, 0.2) is 36.4 Å². The Morgan fingerprint density at radius 1 is 0.469 bits per heavy atom. The molecule has 0 fully saturated rings. The third kappa shape index (κ3) is 7.02. The van der Waals surface area contributed by atoms with E-state index in [1.807, 2.05) is 0 Å². The van der Waals surface area contributed by atoms with E-state index in [4.69, 9.17) is 11.5 Å². The van der Waals surface area contributed by atoms with Gasteiger partial charge in [-0.3, -0.25) is 0 Å². The SMILES string of the molecule is NC(c1ccc(OC(F)F)c(OC(F)F)c1)C(N)c1ccc(OC(F)F)c(OC(F)F)c1. The highest BCUT2D eigenvalue weighted by molar-refractivity contribution is 5.47. The molecule has 0 radical (unpaired) electrons. The molecule has 0 saturated carbocycles. The maximum atomic E-state index is 12.6. The van der Waals surface area contributed by atoms with Crippen molar-refractivity contribution >= 4 is 0 Å². The first-order valence-corrected chi connectivity index (χ1v) is 8.56. The minimum absolute atomic E-state index is 0.0269. The van der Waals surface area contributed by atoms with Crippen LogP contribution in [0.2, 0.25) is 0 Å². The van der Waals surface area contributed by atoms with Gasteiger partial charge in [-0.1, -0.05) is 12.1 Å². The minimum atomic E-state index is -3.37. The Morgan fingerprint density at radius 2 is 0.750 bits per heavy atom. The second-order valence-electron chi connectivity index (χ2n) is 5.98. The molecular weight excluding hydrogens is 460 g/mol. The zero-order chi connectivity index (χ0) is 24.0. The van der Waals surface area contributed by atoms with Gasteiger partial charge in [-0.15, -0.1) is 0 Å². The second-order valence-corrected chi connectivity index (χ2v) is 5.98. The van der Waals surface area contributed by atoms with E-state index in [-0.39, 0.29) is 11.1 Å². The van der Waals surface area contributed by atoms with E-state index in [1.54, 1.807) is 0 Å². The van der Waals surface area contributed by atoms with E-state index in [9.17, 15) is 35.1 Å². The predicted molar refractivity (Wildman–Crippen MR) is 93.3 cm³/mol. The minimum Gasteiger partial charge on any atom is -0.431 e. The van der Waals surface area contributed by atoms with Gasteiger partial charge < -0.3 is 30.4 Å². The molecule has 2 aromatic rings. The largest absolute Gasteiger partial charge is 0.431 e. The Bertz CT molecular complexity index is 817. The van der Waals surface area contributed by atoms with Gasteiger partial charge in [0, 0.05) is 12.1 Å². The first-order chi connectivity index (χ1) is 15.0. The van der Waals surface area contributed by atoms with Crippen LogP contribution in [0.5, 0.6) is 23.0 Å². The lowest BCUT2D eigenvalue weighted by Crippen LogP contribution is -2.26. The Labute approximate surface area is 175 Å². The number of halogens is 8. The number of ether oxygens (including phenoxy) is 4. The molecule has 0 heterocycles. The van der Waals surface area contributed by atoms with Crippen molar-refractivity contribution in [3.8, 4) is 23.0 Å². The number of alkyl halides is 8. The third-order valence-electron chi connectivity index (χ3n) is 3.96. The Kier molecular flexibility index (Phi) is 8.72. The van der Waals surface area contributed by atoms with Crippen LogP contribution in [0.1, 0.15) is 23.2 Å². The summed E-state index contributed by atoms with van der Waals surface area (Å²) in [6, 6.07) is 3.44. The van der Waals surface area contributed by atoms with E-state index in [2.05, 4.69) is 18.9 Å². The molecule has 0 aromatic heterocycles.